The Morgan fingerprint density at radius 2 is 1.72 bits per heavy atom. The molecule has 2 aliphatic rings. The van der Waals surface area contributed by atoms with Crippen LogP contribution in [-0.2, 0) is 29.7 Å². The molecule has 2 N–H and O–H groups in total. The molecule has 162 valence electrons. The molecule has 3 rings (SSSR count). The van der Waals surface area contributed by atoms with Crippen molar-refractivity contribution in [3.05, 3.63) is 29.8 Å². The van der Waals surface area contributed by atoms with Crippen LogP contribution in [-0.4, -0.2) is 52.3 Å². The summed E-state index contributed by atoms with van der Waals surface area (Å²) < 4.78 is 38.8. The number of benzene rings is 1. The van der Waals surface area contributed by atoms with Crippen molar-refractivity contribution in [2.75, 3.05) is 19.8 Å². The van der Waals surface area contributed by atoms with E-state index in [4.69, 9.17) is 9.47 Å². The third kappa shape index (κ3) is 6.01. The standard InChI is InChI=1S/C21H32N2O5S/c1-21(2,3)15-4-7-17(8-5-15)29(25,26)22-11-10-20(24)23-16-6-9-18-19(14-16)28-13-12-27-18/h4-5,7-8,16,18-19,22H,6,9-14H2,1-3H3,(H,23,24)/t16-,18-,19-/m1/s1. The number of amides is 1. The van der Waals surface area contributed by atoms with Crippen molar-refractivity contribution >= 4 is 15.9 Å². The first kappa shape index (κ1) is 22.2. The smallest absolute Gasteiger partial charge is 0.240 e. The van der Waals surface area contributed by atoms with Crippen LogP contribution in [0.5, 0.6) is 0 Å². The molecule has 0 aromatic heterocycles. The summed E-state index contributed by atoms with van der Waals surface area (Å²) in [6.07, 6.45) is 2.73. The zero-order valence-electron chi connectivity index (χ0n) is 17.4. The summed E-state index contributed by atoms with van der Waals surface area (Å²) in [6.45, 7) is 7.53. The summed E-state index contributed by atoms with van der Waals surface area (Å²) in [5, 5.41) is 2.99. The summed E-state index contributed by atoms with van der Waals surface area (Å²) in [4.78, 5) is 12.4. The number of sulfonamides is 1. The fraction of sp³-hybridized carbons (Fsp3) is 0.667. The minimum Gasteiger partial charge on any atom is -0.373 e. The van der Waals surface area contributed by atoms with Crippen molar-refractivity contribution in [1.82, 2.24) is 10.0 Å². The highest BCUT2D eigenvalue weighted by molar-refractivity contribution is 7.89. The van der Waals surface area contributed by atoms with Crippen LogP contribution in [0.15, 0.2) is 29.2 Å². The van der Waals surface area contributed by atoms with Crippen molar-refractivity contribution < 1.29 is 22.7 Å². The highest BCUT2D eigenvalue weighted by Gasteiger charge is 2.34. The van der Waals surface area contributed by atoms with Crippen LogP contribution >= 0.6 is 0 Å². The second kappa shape index (κ2) is 9.12. The van der Waals surface area contributed by atoms with Gasteiger partial charge in [0.1, 0.15) is 0 Å². The number of nitrogens with one attached hydrogen (secondary N) is 2. The number of ether oxygens (including phenoxy) is 2. The molecule has 1 saturated carbocycles. The van der Waals surface area contributed by atoms with Gasteiger partial charge in [-0.3, -0.25) is 4.79 Å². The fourth-order valence-electron chi connectivity index (χ4n) is 3.81. The van der Waals surface area contributed by atoms with Crippen LogP contribution in [0.3, 0.4) is 0 Å². The molecular weight excluding hydrogens is 392 g/mol. The molecule has 0 unspecified atom stereocenters. The first-order valence-corrected chi connectivity index (χ1v) is 11.8. The van der Waals surface area contributed by atoms with Crippen LogP contribution in [0.25, 0.3) is 0 Å². The first-order valence-electron chi connectivity index (χ1n) is 10.3. The van der Waals surface area contributed by atoms with Gasteiger partial charge in [0.05, 0.1) is 30.3 Å². The van der Waals surface area contributed by atoms with Crippen molar-refractivity contribution in [3.8, 4) is 0 Å². The van der Waals surface area contributed by atoms with Crippen LogP contribution in [0, 0.1) is 0 Å². The van der Waals surface area contributed by atoms with E-state index in [-0.39, 0.29) is 47.4 Å². The zero-order chi connectivity index (χ0) is 21.1. The van der Waals surface area contributed by atoms with Crippen molar-refractivity contribution in [2.24, 2.45) is 0 Å². The predicted octanol–water partition coefficient (Wildman–Crippen LogP) is 2.11. The maximum atomic E-state index is 12.4. The van der Waals surface area contributed by atoms with Crippen LogP contribution in [0.4, 0.5) is 0 Å². The van der Waals surface area contributed by atoms with Gasteiger partial charge in [-0.05, 0) is 42.4 Å². The molecule has 1 aromatic rings. The summed E-state index contributed by atoms with van der Waals surface area (Å²) >= 11 is 0. The lowest BCUT2D eigenvalue weighted by molar-refractivity contribution is -0.158. The Bertz CT molecular complexity index is 801. The summed E-state index contributed by atoms with van der Waals surface area (Å²) in [5.41, 5.74) is 1.03. The molecule has 7 nitrogen and oxygen atoms in total. The van der Waals surface area contributed by atoms with Crippen molar-refractivity contribution in [2.45, 2.75) is 75.0 Å². The second-order valence-corrected chi connectivity index (χ2v) is 10.6. The molecule has 0 radical (unpaired) electrons. The number of hydrogen-bond donors (Lipinski definition) is 2. The Kier molecular flexibility index (Phi) is 6.98. The topological polar surface area (TPSA) is 93.7 Å². The average molecular weight is 425 g/mol. The summed E-state index contributed by atoms with van der Waals surface area (Å²) in [6, 6.07) is 6.91. The Morgan fingerprint density at radius 1 is 1.07 bits per heavy atom. The number of carbonyl (C=O) groups excluding carboxylic acids is 1. The molecule has 0 spiro atoms. The lowest BCUT2D eigenvalue weighted by Crippen LogP contribution is -2.49. The maximum Gasteiger partial charge on any atom is 0.240 e. The van der Waals surface area contributed by atoms with Gasteiger partial charge in [0.2, 0.25) is 15.9 Å². The highest BCUT2D eigenvalue weighted by Crippen LogP contribution is 2.27. The lowest BCUT2D eigenvalue weighted by atomic mass is 9.87. The highest BCUT2D eigenvalue weighted by atomic mass is 32.2. The van der Waals surface area contributed by atoms with Crippen molar-refractivity contribution in [1.29, 1.82) is 0 Å². The van der Waals surface area contributed by atoms with Gasteiger partial charge in [0.25, 0.3) is 0 Å². The van der Waals surface area contributed by atoms with E-state index in [1.807, 2.05) is 12.1 Å². The molecule has 29 heavy (non-hydrogen) atoms. The Hall–Kier alpha value is -1.48. The molecule has 2 fully saturated rings. The van der Waals surface area contributed by atoms with Gasteiger partial charge >= 0.3 is 0 Å². The van der Waals surface area contributed by atoms with Gasteiger partial charge in [-0.15, -0.1) is 0 Å². The van der Waals surface area contributed by atoms with E-state index in [0.717, 1.165) is 24.8 Å². The number of fused-ring (bicyclic) bond motifs is 1. The van der Waals surface area contributed by atoms with E-state index in [2.05, 4.69) is 30.8 Å². The largest absolute Gasteiger partial charge is 0.373 e. The lowest BCUT2D eigenvalue weighted by Gasteiger charge is -2.39. The third-order valence-electron chi connectivity index (χ3n) is 5.52. The van der Waals surface area contributed by atoms with Gasteiger partial charge in [-0.25, -0.2) is 13.1 Å². The molecule has 1 aliphatic carbocycles. The maximum absolute atomic E-state index is 12.4. The van der Waals surface area contributed by atoms with Gasteiger partial charge in [-0.2, -0.15) is 0 Å². The van der Waals surface area contributed by atoms with E-state index in [1.54, 1.807) is 12.1 Å². The number of carbonyl (C=O) groups is 1. The summed E-state index contributed by atoms with van der Waals surface area (Å²) in [7, 11) is -3.63. The van der Waals surface area contributed by atoms with Crippen LogP contribution in [0.2, 0.25) is 0 Å². The first-order chi connectivity index (χ1) is 13.6. The Labute approximate surface area is 173 Å². The SMILES string of the molecule is CC(C)(C)c1ccc(S(=O)(=O)NCCC(=O)N[C@@H]2CC[C@H]3OCCO[C@@H]3C2)cc1. The number of hydrogen-bond acceptors (Lipinski definition) is 5. The van der Waals surface area contributed by atoms with Crippen LogP contribution in [0.1, 0.15) is 52.0 Å². The second-order valence-electron chi connectivity index (χ2n) is 8.82. The molecule has 1 saturated heterocycles. The van der Waals surface area contributed by atoms with Crippen LogP contribution < -0.4 is 10.0 Å². The fourth-order valence-corrected chi connectivity index (χ4v) is 4.85. The average Bonchev–Trinajstić information content (AvgIpc) is 2.67. The van der Waals surface area contributed by atoms with Gasteiger partial charge in [0.15, 0.2) is 0 Å². The quantitative estimate of drug-likeness (QED) is 0.729. The molecule has 0 bridgehead atoms. The monoisotopic (exact) mass is 424 g/mol. The molecule has 1 amide bonds. The van der Waals surface area contributed by atoms with Gasteiger partial charge in [0, 0.05) is 19.0 Å². The predicted molar refractivity (Wildman–Crippen MR) is 110 cm³/mol. The Morgan fingerprint density at radius 3 is 2.38 bits per heavy atom. The van der Waals surface area contributed by atoms with E-state index in [9.17, 15) is 13.2 Å². The summed E-state index contributed by atoms with van der Waals surface area (Å²) in [5.74, 6) is -0.157. The zero-order valence-corrected chi connectivity index (χ0v) is 18.3. The van der Waals surface area contributed by atoms with Crippen molar-refractivity contribution in [3.63, 3.8) is 0 Å². The normalized spacial score (nSPS) is 25.3. The minimum absolute atomic E-state index is 0.0392. The molecule has 3 atom stereocenters. The van der Waals surface area contributed by atoms with Gasteiger partial charge < -0.3 is 14.8 Å². The van der Waals surface area contributed by atoms with E-state index in [0.29, 0.717) is 13.2 Å². The third-order valence-corrected chi connectivity index (χ3v) is 7.00. The number of rotatable bonds is 6. The van der Waals surface area contributed by atoms with E-state index in [1.165, 1.54) is 0 Å². The molecule has 1 heterocycles. The van der Waals surface area contributed by atoms with E-state index >= 15 is 0 Å². The minimum atomic E-state index is -3.63. The Balaban J connectivity index is 1.44. The van der Waals surface area contributed by atoms with Gasteiger partial charge in [-0.1, -0.05) is 32.9 Å². The molecular formula is C21H32N2O5S. The molecule has 1 aliphatic heterocycles. The molecule has 8 heteroatoms. The van der Waals surface area contributed by atoms with E-state index < -0.39 is 10.0 Å². The molecule has 1 aromatic carbocycles.